The van der Waals surface area contributed by atoms with E-state index in [2.05, 4.69) is 10.6 Å². The van der Waals surface area contributed by atoms with E-state index in [1.54, 1.807) is 30.3 Å². The Morgan fingerprint density at radius 2 is 1.76 bits per heavy atom. The number of anilines is 2. The zero-order valence-electron chi connectivity index (χ0n) is 11.9. The Hall–Kier alpha value is -2.56. The van der Waals surface area contributed by atoms with Crippen molar-refractivity contribution in [3.05, 3.63) is 53.8 Å². The molecule has 0 heterocycles. The number of benzene rings is 2. The molecule has 0 saturated heterocycles. The Bertz CT molecular complexity index is 641. The van der Waals surface area contributed by atoms with Crippen LogP contribution in [0.3, 0.4) is 0 Å². The minimum Gasteiger partial charge on any atom is -0.508 e. The van der Waals surface area contributed by atoms with Gasteiger partial charge in [0.25, 0.3) is 0 Å². The molecule has 1 amide bonds. The summed E-state index contributed by atoms with van der Waals surface area (Å²) in [5.74, 6) is -0.678. The first-order valence-electron chi connectivity index (χ1n) is 6.58. The maximum Gasteiger partial charge on any atom is 0.221 e. The lowest BCUT2D eigenvalue weighted by atomic mass is 10.1. The second-order valence-corrected chi connectivity index (χ2v) is 4.83. The zero-order valence-corrected chi connectivity index (χ0v) is 11.9. The predicted molar refractivity (Wildman–Crippen MR) is 80.8 cm³/mol. The number of nitrogens with one attached hydrogen (secondary N) is 2. The van der Waals surface area contributed by atoms with Gasteiger partial charge in [-0.1, -0.05) is 6.07 Å². The summed E-state index contributed by atoms with van der Waals surface area (Å²) in [7, 11) is 0. The van der Waals surface area contributed by atoms with Crippen molar-refractivity contribution in [1.82, 2.24) is 0 Å². The Balaban J connectivity index is 2.08. The van der Waals surface area contributed by atoms with Gasteiger partial charge in [-0.25, -0.2) is 4.39 Å². The Labute approximate surface area is 122 Å². The van der Waals surface area contributed by atoms with Crippen molar-refractivity contribution < 1.29 is 14.3 Å². The molecule has 0 fully saturated rings. The Morgan fingerprint density at radius 3 is 2.33 bits per heavy atom. The second kappa shape index (κ2) is 6.26. The molecule has 0 aliphatic carbocycles. The van der Waals surface area contributed by atoms with Crippen molar-refractivity contribution in [2.24, 2.45) is 0 Å². The lowest BCUT2D eigenvalue weighted by Gasteiger charge is -2.17. The van der Waals surface area contributed by atoms with Crippen LogP contribution in [0.1, 0.15) is 25.5 Å². The van der Waals surface area contributed by atoms with E-state index in [0.29, 0.717) is 11.3 Å². The average Bonchev–Trinajstić information content (AvgIpc) is 2.40. The third-order valence-corrected chi connectivity index (χ3v) is 3.04. The van der Waals surface area contributed by atoms with Crippen LogP contribution in [-0.4, -0.2) is 11.0 Å². The molecule has 4 nitrogen and oxygen atoms in total. The van der Waals surface area contributed by atoms with Crippen LogP contribution in [0.5, 0.6) is 5.75 Å². The molecular formula is C16H17FN2O2. The number of hydrogen-bond donors (Lipinski definition) is 3. The molecule has 2 aromatic carbocycles. The van der Waals surface area contributed by atoms with E-state index in [4.69, 9.17) is 0 Å². The molecule has 2 rings (SSSR count). The van der Waals surface area contributed by atoms with Gasteiger partial charge < -0.3 is 15.7 Å². The third kappa shape index (κ3) is 3.95. The number of aromatic hydroxyl groups is 1. The van der Waals surface area contributed by atoms with Gasteiger partial charge in [-0.15, -0.1) is 0 Å². The van der Waals surface area contributed by atoms with Gasteiger partial charge in [0.1, 0.15) is 11.6 Å². The van der Waals surface area contributed by atoms with Gasteiger partial charge in [-0.3, -0.25) is 4.79 Å². The highest BCUT2D eigenvalue weighted by atomic mass is 19.1. The molecule has 0 saturated carbocycles. The van der Waals surface area contributed by atoms with Crippen LogP contribution in [0.4, 0.5) is 15.8 Å². The van der Waals surface area contributed by atoms with Gasteiger partial charge in [-0.05, 0) is 37.3 Å². The molecule has 0 spiro atoms. The molecule has 0 aliphatic rings. The highest BCUT2D eigenvalue weighted by Crippen LogP contribution is 2.25. The van der Waals surface area contributed by atoms with E-state index in [0.717, 1.165) is 11.8 Å². The molecule has 1 unspecified atom stereocenters. The molecule has 2 aromatic rings. The van der Waals surface area contributed by atoms with Crippen molar-refractivity contribution in [2.75, 3.05) is 10.6 Å². The minimum atomic E-state index is -0.454. The molecular weight excluding hydrogens is 271 g/mol. The topological polar surface area (TPSA) is 61.4 Å². The Morgan fingerprint density at radius 1 is 1.14 bits per heavy atom. The van der Waals surface area contributed by atoms with Crippen LogP contribution in [0, 0.1) is 5.82 Å². The lowest BCUT2D eigenvalue weighted by Crippen LogP contribution is -2.09. The standard InChI is InChI=1S/C16H17FN2O2/c1-10(15-8-7-14(21)9-16(15)17)18-12-3-5-13(6-4-12)19-11(2)20/h3-10,18,21H,1-2H3,(H,19,20). The molecule has 0 bridgehead atoms. The number of carbonyl (C=O) groups is 1. The van der Waals surface area contributed by atoms with Crippen LogP contribution in [0.2, 0.25) is 0 Å². The third-order valence-electron chi connectivity index (χ3n) is 3.04. The largest absolute Gasteiger partial charge is 0.508 e. The molecule has 0 aliphatic heterocycles. The fraction of sp³-hybridized carbons (Fsp3) is 0.188. The normalized spacial score (nSPS) is 11.8. The Kier molecular flexibility index (Phi) is 4.42. The van der Waals surface area contributed by atoms with E-state index < -0.39 is 5.82 Å². The summed E-state index contributed by atoms with van der Waals surface area (Å²) < 4.78 is 13.8. The summed E-state index contributed by atoms with van der Waals surface area (Å²) >= 11 is 0. The summed E-state index contributed by atoms with van der Waals surface area (Å²) in [5.41, 5.74) is 1.99. The van der Waals surface area contributed by atoms with E-state index in [-0.39, 0.29) is 17.7 Å². The monoisotopic (exact) mass is 288 g/mol. The molecule has 110 valence electrons. The van der Waals surface area contributed by atoms with Gasteiger partial charge in [0.05, 0.1) is 6.04 Å². The van der Waals surface area contributed by atoms with Crippen molar-refractivity contribution >= 4 is 17.3 Å². The number of phenols is 1. The maximum atomic E-state index is 13.8. The van der Waals surface area contributed by atoms with Gasteiger partial charge in [0.15, 0.2) is 0 Å². The summed E-state index contributed by atoms with van der Waals surface area (Å²) in [4.78, 5) is 10.9. The van der Waals surface area contributed by atoms with E-state index in [9.17, 15) is 14.3 Å². The SMILES string of the molecule is CC(=O)Nc1ccc(NC(C)c2ccc(O)cc2F)cc1. The van der Waals surface area contributed by atoms with Gasteiger partial charge in [0.2, 0.25) is 5.91 Å². The van der Waals surface area contributed by atoms with Crippen molar-refractivity contribution in [2.45, 2.75) is 19.9 Å². The summed E-state index contributed by atoms with van der Waals surface area (Å²) in [6, 6.07) is 11.0. The van der Waals surface area contributed by atoms with Crippen LogP contribution in [0.15, 0.2) is 42.5 Å². The van der Waals surface area contributed by atoms with E-state index >= 15 is 0 Å². The molecule has 0 radical (unpaired) electrons. The average molecular weight is 288 g/mol. The highest BCUT2D eigenvalue weighted by molar-refractivity contribution is 5.88. The lowest BCUT2D eigenvalue weighted by molar-refractivity contribution is -0.114. The fourth-order valence-corrected chi connectivity index (χ4v) is 2.05. The number of halogens is 1. The minimum absolute atomic E-state index is 0.0943. The van der Waals surface area contributed by atoms with Crippen molar-refractivity contribution in [3.63, 3.8) is 0 Å². The first-order valence-corrected chi connectivity index (χ1v) is 6.58. The molecule has 3 N–H and O–H groups in total. The molecule has 5 heteroatoms. The van der Waals surface area contributed by atoms with Crippen molar-refractivity contribution in [1.29, 1.82) is 0 Å². The van der Waals surface area contributed by atoms with Gasteiger partial charge in [-0.2, -0.15) is 0 Å². The van der Waals surface area contributed by atoms with Crippen LogP contribution < -0.4 is 10.6 Å². The number of phenolic OH excluding ortho intramolecular Hbond substituents is 1. The summed E-state index contributed by atoms with van der Waals surface area (Å²) in [6.45, 7) is 3.28. The number of hydrogen-bond acceptors (Lipinski definition) is 3. The molecule has 21 heavy (non-hydrogen) atoms. The fourth-order valence-electron chi connectivity index (χ4n) is 2.05. The quantitative estimate of drug-likeness (QED) is 0.804. The molecule has 0 aromatic heterocycles. The maximum absolute atomic E-state index is 13.8. The number of carbonyl (C=O) groups excluding carboxylic acids is 1. The number of amides is 1. The first kappa shape index (κ1) is 14.8. The van der Waals surface area contributed by atoms with Crippen LogP contribution in [0.25, 0.3) is 0 Å². The smallest absolute Gasteiger partial charge is 0.221 e. The highest BCUT2D eigenvalue weighted by Gasteiger charge is 2.11. The van der Waals surface area contributed by atoms with Gasteiger partial charge >= 0.3 is 0 Å². The number of rotatable bonds is 4. The second-order valence-electron chi connectivity index (χ2n) is 4.83. The zero-order chi connectivity index (χ0) is 15.4. The van der Waals surface area contributed by atoms with Crippen LogP contribution >= 0.6 is 0 Å². The van der Waals surface area contributed by atoms with Gasteiger partial charge in [0, 0.05) is 29.9 Å². The van der Waals surface area contributed by atoms with E-state index in [1.807, 2.05) is 6.92 Å². The summed E-state index contributed by atoms with van der Waals surface area (Å²) in [6.07, 6.45) is 0. The van der Waals surface area contributed by atoms with E-state index in [1.165, 1.54) is 13.0 Å². The summed E-state index contributed by atoms with van der Waals surface area (Å²) in [5, 5.41) is 15.1. The van der Waals surface area contributed by atoms with Crippen LogP contribution in [-0.2, 0) is 4.79 Å². The van der Waals surface area contributed by atoms with Crippen molar-refractivity contribution in [3.8, 4) is 5.75 Å². The molecule has 1 atom stereocenters. The predicted octanol–water partition coefficient (Wildman–Crippen LogP) is 3.66. The first-order chi connectivity index (χ1) is 9.95.